The van der Waals surface area contributed by atoms with Crippen molar-refractivity contribution in [1.82, 2.24) is 4.98 Å². The minimum atomic E-state index is -5.00. The first-order chi connectivity index (χ1) is 28.0. The third-order valence-electron chi connectivity index (χ3n) is 11.4. The van der Waals surface area contributed by atoms with Gasteiger partial charge in [0.15, 0.2) is 0 Å². The Morgan fingerprint density at radius 1 is 0.533 bits per heavy atom. The molecule has 5 aromatic rings. The molecule has 7 rings (SSSR count). The number of hydrogen-bond donors (Lipinski definition) is 0. The van der Waals surface area contributed by atoms with Gasteiger partial charge in [0, 0.05) is 45.0 Å². The van der Waals surface area contributed by atoms with E-state index in [0.717, 1.165) is 76.2 Å². The lowest BCUT2D eigenvalue weighted by molar-refractivity contribution is -0.143. The van der Waals surface area contributed by atoms with Gasteiger partial charge in [0.25, 0.3) is 0 Å². The van der Waals surface area contributed by atoms with Crippen LogP contribution in [0.4, 0.5) is 37.7 Å². The largest absolute Gasteiger partial charge is 0.416 e. The molecule has 3 nitrogen and oxygen atoms in total. The van der Waals surface area contributed by atoms with Gasteiger partial charge in [-0.15, -0.1) is 0 Å². The van der Waals surface area contributed by atoms with E-state index in [1.54, 1.807) is 6.07 Å². The molecule has 0 amide bonds. The van der Waals surface area contributed by atoms with E-state index >= 15 is 0 Å². The number of fused-ring (bicyclic) bond motifs is 1. The summed E-state index contributed by atoms with van der Waals surface area (Å²) >= 11 is 0. The lowest BCUT2D eigenvalue weighted by Crippen LogP contribution is -2.17. The summed E-state index contributed by atoms with van der Waals surface area (Å²) in [5.41, 5.74) is 7.62. The van der Waals surface area contributed by atoms with Crippen LogP contribution in [0.5, 0.6) is 0 Å². The van der Waals surface area contributed by atoms with Crippen molar-refractivity contribution in [3.8, 4) is 11.1 Å². The van der Waals surface area contributed by atoms with Gasteiger partial charge in [-0.1, -0.05) is 76.3 Å². The highest BCUT2D eigenvalue weighted by atomic mass is 19.4. The Morgan fingerprint density at radius 2 is 1.00 bits per heavy atom. The van der Waals surface area contributed by atoms with Crippen molar-refractivity contribution in [2.45, 2.75) is 65.7 Å². The van der Waals surface area contributed by atoms with Crippen LogP contribution in [-0.2, 0) is 12.4 Å². The minimum absolute atomic E-state index is 0.0498. The van der Waals surface area contributed by atoms with Crippen LogP contribution in [0.3, 0.4) is 0 Å². The van der Waals surface area contributed by atoms with E-state index in [4.69, 9.17) is 4.98 Å². The molecule has 0 spiro atoms. The van der Waals surface area contributed by atoms with Gasteiger partial charge in [0.05, 0.1) is 22.3 Å². The highest BCUT2D eigenvalue weighted by Gasteiger charge is 2.37. The molecule has 0 N–H and O–H groups in total. The van der Waals surface area contributed by atoms with E-state index in [9.17, 15) is 26.3 Å². The topological polar surface area (TPSA) is 19.4 Å². The van der Waals surface area contributed by atoms with Crippen LogP contribution in [0.15, 0.2) is 114 Å². The van der Waals surface area contributed by atoms with Crippen LogP contribution in [0.2, 0.25) is 0 Å². The molecule has 2 aliphatic carbocycles. The maximum Gasteiger partial charge on any atom is 0.416 e. The van der Waals surface area contributed by atoms with E-state index in [1.807, 2.05) is 57.4 Å². The molecule has 60 heavy (non-hydrogen) atoms. The Morgan fingerprint density at radius 3 is 1.45 bits per heavy atom. The van der Waals surface area contributed by atoms with Gasteiger partial charge in [0.2, 0.25) is 0 Å². The molecule has 1 aromatic heterocycles. The van der Waals surface area contributed by atoms with Crippen molar-refractivity contribution in [2.24, 2.45) is 10.8 Å². The van der Waals surface area contributed by atoms with Crippen molar-refractivity contribution in [3.05, 3.63) is 148 Å². The quantitative estimate of drug-likeness (QED) is 0.153. The van der Waals surface area contributed by atoms with Gasteiger partial charge in [0.1, 0.15) is 0 Å². The van der Waals surface area contributed by atoms with E-state index < -0.39 is 23.5 Å². The maximum absolute atomic E-state index is 14.2. The monoisotopic (exact) mass is 819 g/mol. The molecule has 0 saturated heterocycles. The maximum atomic E-state index is 14.2. The molecule has 0 unspecified atom stereocenters. The van der Waals surface area contributed by atoms with E-state index in [-0.39, 0.29) is 28.0 Å². The van der Waals surface area contributed by atoms with Gasteiger partial charge in [-0.25, -0.2) is 4.98 Å². The predicted octanol–water partition coefficient (Wildman–Crippen LogP) is 14.6. The summed E-state index contributed by atoms with van der Waals surface area (Å²) in [4.78, 5) is 9.05. The lowest BCUT2D eigenvalue weighted by atomic mass is 9.73. The normalized spacial score (nSPS) is 18.1. The van der Waals surface area contributed by atoms with Crippen molar-refractivity contribution in [1.29, 1.82) is 0 Å². The summed E-state index contributed by atoms with van der Waals surface area (Å²) in [6.45, 7) is 8.81. The molecule has 2 aliphatic rings. The van der Waals surface area contributed by atoms with Crippen molar-refractivity contribution in [2.75, 3.05) is 38.0 Å². The number of aromatic nitrogens is 1. The number of alkyl halides is 6. The Labute approximate surface area is 349 Å². The first kappa shape index (κ1) is 42.6. The van der Waals surface area contributed by atoms with Crippen molar-refractivity contribution >= 4 is 45.6 Å². The predicted molar refractivity (Wildman–Crippen MR) is 237 cm³/mol. The van der Waals surface area contributed by atoms with Gasteiger partial charge in [-0.05, 0) is 153 Å². The summed E-state index contributed by atoms with van der Waals surface area (Å²) < 4.78 is 85.5. The smallest absolute Gasteiger partial charge is 0.378 e. The van der Waals surface area contributed by atoms with Crippen LogP contribution < -0.4 is 9.80 Å². The van der Waals surface area contributed by atoms with E-state index in [0.29, 0.717) is 23.0 Å². The number of halogens is 6. The number of nitrogens with zero attached hydrogens (tertiary/aromatic N) is 3. The average molecular weight is 820 g/mol. The molecule has 312 valence electrons. The zero-order valence-electron chi connectivity index (χ0n) is 35.4. The van der Waals surface area contributed by atoms with Gasteiger partial charge >= 0.3 is 12.4 Å². The molecule has 0 atom stereocenters. The number of anilines is 2. The van der Waals surface area contributed by atoms with Crippen LogP contribution in [0, 0.1) is 10.8 Å². The van der Waals surface area contributed by atoms with E-state index in [1.165, 1.54) is 5.57 Å². The summed E-state index contributed by atoms with van der Waals surface area (Å²) in [5, 5.41) is 0.457. The van der Waals surface area contributed by atoms with Crippen LogP contribution >= 0.6 is 0 Å². The zero-order chi connectivity index (χ0) is 43.4. The number of pyridine rings is 1. The fourth-order valence-corrected chi connectivity index (χ4v) is 8.60. The summed E-state index contributed by atoms with van der Waals surface area (Å²) in [6, 6.07) is 25.7. The molecular weight excluding hydrogens is 769 g/mol. The Kier molecular flexibility index (Phi) is 11.2. The third kappa shape index (κ3) is 9.72. The summed E-state index contributed by atoms with van der Waals surface area (Å²) in [5.74, 6) is 0. The fraction of sp³-hybridized carbons (Fsp3) is 0.314. The fourth-order valence-electron chi connectivity index (χ4n) is 8.60. The molecule has 9 heteroatoms. The first-order valence-electron chi connectivity index (χ1n) is 20.1. The molecule has 0 fully saturated rings. The Bertz CT molecular complexity index is 2510. The molecule has 0 aliphatic heterocycles. The summed E-state index contributed by atoms with van der Waals surface area (Å²) in [6.07, 6.45) is 1.51. The number of rotatable bonds is 7. The Hall–Kier alpha value is -5.57. The van der Waals surface area contributed by atoms with Crippen LogP contribution in [0.1, 0.15) is 86.9 Å². The first-order valence-corrected chi connectivity index (χ1v) is 20.1. The molecular formula is C51H51F6N3. The van der Waals surface area contributed by atoms with Crippen molar-refractivity contribution < 1.29 is 26.3 Å². The average Bonchev–Trinajstić information content (AvgIpc) is 3.15. The Balaban J connectivity index is 1.38. The highest BCUT2D eigenvalue weighted by molar-refractivity contribution is 5.97. The molecule has 4 aromatic carbocycles. The second-order valence-electron chi connectivity index (χ2n) is 18.4. The minimum Gasteiger partial charge on any atom is -0.378 e. The third-order valence-corrected chi connectivity index (χ3v) is 11.4. The second-order valence-corrected chi connectivity index (χ2v) is 18.4. The van der Waals surface area contributed by atoms with Gasteiger partial charge in [-0.2, -0.15) is 26.3 Å². The summed E-state index contributed by atoms with van der Waals surface area (Å²) in [7, 11) is 7.98. The van der Waals surface area contributed by atoms with Crippen LogP contribution in [0.25, 0.3) is 45.3 Å². The lowest BCUT2D eigenvalue weighted by Gasteiger charge is -2.32. The molecule has 0 saturated carbocycles. The molecule has 0 bridgehead atoms. The number of hydrogen-bond acceptors (Lipinski definition) is 3. The van der Waals surface area contributed by atoms with Gasteiger partial charge in [-0.3, -0.25) is 0 Å². The van der Waals surface area contributed by atoms with Crippen LogP contribution in [-0.4, -0.2) is 33.2 Å². The second kappa shape index (κ2) is 15.8. The SMILES string of the molecule is CN(C)c1ccc(C2=C/C(=C/c3ccc4nc(/C=C5/C=C(c6ccc(N(C)C)cc6)CC(C)(C)C5)cc(-c5cc(C(F)(F)F)cc(C(F)(F)F)c5)c4c3)CC(C)(C)C2)cc1. The van der Waals surface area contributed by atoms with Crippen molar-refractivity contribution in [3.63, 3.8) is 0 Å². The van der Waals surface area contributed by atoms with Gasteiger partial charge < -0.3 is 9.80 Å². The molecule has 1 heterocycles. The standard InChI is InChI=1S/C51H51F6N3/c1-48(2)28-33(20-38(30-48)35-10-14-43(15-11-35)59(5)6)19-32-9-18-47-46(23-32)45(37-24-40(50(52,53)54)26-41(25-37)51(55,56)57)27-42(58-47)22-34-21-39(31-49(3,4)29-34)36-12-16-44(17-13-36)60(7)8/h9-27H,28-31H2,1-8H3/b33-19-,34-22-. The zero-order valence-corrected chi connectivity index (χ0v) is 35.4. The highest BCUT2D eigenvalue weighted by Crippen LogP contribution is 2.45. The number of benzene rings is 4. The number of allylic oxidation sites excluding steroid dienone is 6. The van der Waals surface area contributed by atoms with E-state index in [2.05, 4.69) is 99.4 Å². The molecule has 0 radical (unpaired) electrons.